The van der Waals surface area contributed by atoms with Crippen molar-refractivity contribution in [3.63, 3.8) is 0 Å². The summed E-state index contributed by atoms with van der Waals surface area (Å²) in [6, 6.07) is 15.0. The highest BCUT2D eigenvalue weighted by molar-refractivity contribution is 7.92. The maximum Gasteiger partial charge on any atom is 0.265 e. The van der Waals surface area contributed by atoms with Crippen LogP contribution in [-0.4, -0.2) is 60.7 Å². The minimum atomic E-state index is -4.01. The second-order valence-electron chi connectivity index (χ2n) is 8.91. The quantitative estimate of drug-likeness (QED) is 0.344. The highest BCUT2D eigenvalue weighted by Gasteiger charge is 2.23. The van der Waals surface area contributed by atoms with Crippen LogP contribution < -0.4 is 21.7 Å². The van der Waals surface area contributed by atoms with Crippen LogP contribution in [0.3, 0.4) is 0 Å². The molecule has 3 heterocycles. The highest BCUT2D eigenvalue weighted by Crippen LogP contribution is 2.28. The van der Waals surface area contributed by atoms with Crippen LogP contribution in [0.1, 0.15) is 0 Å². The summed E-state index contributed by atoms with van der Waals surface area (Å²) in [5, 5.41) is 0.356. The van der Waals surface area contributed by atoms with Gasteiger partial charge in [0.05, 0.1) is 30.2 Å². The molecule has 5 N–H and O–H groups in total. The maximum atomic E-state index is 13.4. The van der Waals surface area contributed by atoms with Crippen LogP contribution in [-0.2, 0) is 21.3 Å². The zero-order valence-corrected chi connectivity index (χ0v) is 21.0. The van der Waals surface area contributed by atoms with Crippen LogP contribution in [0.4, 0.5) is 17.5 Å². The molecule has 1 aliphatic rings. The predicted octanol–water partition coefficient (Wildman–Crippen LogP) is 1.75. The van der Waals surface area contributed by atoms with Crippen LogP contribution >= 0.6 is 0 Å². The summed E-state index contributed by atoms with van der Waals surface area (Å²) in [5.74, 6) is -0.0117. The number of para-hydroxylation sites is 1. The minimum absolute atomic E-state index is 0.0117. The monoisotopic (exact) mass is 521 g/mol. The third-order valence-electron chi connectivity index (χ3n) is 6.43. The zero-order chi connectivity index (χ0) is 26.2. The molecule has 37 heavy (non-hydrogen) atoms. The standard InChI is InChI=1S/C25H27N7O4S/c1-31-9-10-36-15-19(31)14-32-24(33)20-11-16(7-8-21(20)29-25(32)27)17-12-22(23(26)28-13-17)37(34,35)30-18-5-3-2-4-6-18/h2-8,11-13,19,30H,9-10,14-15H2,1H3,(H2,26,28)(H2,27,29). The Labute approximate surface area is 213 Å². The molecule has 0 aliphatic carbocycles. The van der Waals surface area contributed by atoms with Gasteiger partial charge in [0.25, 0.3) is 15.6 Å². The van der Waals surface area contributed by atoms with Gasteiger partial charge < -0.3 is 16.2 Å². The summed E-state index contributed by atoms with van der Waals surface area (Å²) >= 11 is 0. The van der Waals surface area contributed by atoms with Gasteiger partial charge in [0, 0.05) is 30.5 Å². The summed E-state index contributed by atoms with van der Waals surface area (Å²) in [6.45, 7) is 2.24. The number of aromatic nitrogens is 3. The van der Waals surface area contributed by atoms with Gasteiger partial charge in [0.1, 0.15) is 10.7 Å². The van der Waals surface area contributed by atoms with Crippen molar-refractivity contribution in [3.05, 3.63) is 71.1 Å². The number of hydrogen-bond acceptors (Lipinski definition) is 9. The van der Waals surface area contributed by atoms with E-state index in [-0.39, 0.29) is 28.3 Å². The van der Waals surface area contributed by atoms with E-state index in [9.17, 15) is 13.2 Å². The van der Waals surface area contributed by atoms with Gasteiger partial charge in [-0.05, 0) is 42.9 Å². The van der Waals surface area contributed by atoms with E-state index < -0.39 is 10.0 Å². The molecule has 1 unspecified atom stereocenters. The normalized spacial score (nSPS) is 16.6. The van der Waals surface area contributed by atoms with Crippen molar-refractivity contribution in [2.24, 2.45) is 0 Å². The Morgan fingerprint density at radius 3 is 2.65 bits per heavy atom. The second kappa shape index (κ2) is 9.81. The van der Waals surface area contributed by atoms with Crippen molar-refractivity contribution in [3.8, 4) is 11.1 Å². The topological polar surface area (TPSA) is 158 Å². The van der Waals surface area contributed by atoms with Crippen LogP contribution in [0.25, 0.3) is 22.0 Å². The number of nitrogen functional groups attached to an aromatic ring is 2. The number of fused-ring (bicyclic) bond motifs is 1. The third kappa shape index (κ3) is 4.99. The van der Waals surface area contributed by atoms with Crippen molar-refractivity contribution in [2.75, 3.05) is 43.0 Å². The van der Waals surface area contributed by atoms with Crippen LogP contribution in [0.2, 0.25) is 0 Å². The average molecular weight is 522 g/mol. The Kier molecular flexibility index (Phi) is 6.54. The Balaban J connectivity index is 1.53. The van der Waals surface area contributed by atoms with Crippen molar-refractivity contribution >= 4 is 38.4 Å². The van der Waals surface area contributed by atoms with Gasteiger partial charge in [-0.2, -0.15) is 0 Å². The number of hydrogen-bond donors (Lipinski definition) is 3. The zero-order valence-electron chi connectivity index (χ0n) is 20.2. The predicted molar refractivity (Wildman–Crippen MR) is 143 cm³/mol. The van der Waals surface area contributed by atoms with Gasteiger partial charge in [0.15, 0.2) is 0 Å². The summed E-state index contributed by atoms with van der Waals surface area (Å²) in [6.07, 6.45) is 1.47. The summed E-state index contributed by atoms with van der Waals surface area (Å²) < 4.78 is 35.6. The molecule has 0 bridgehead atoms. The fourth-order valence-corrected chi connectivity index (χ4v) is 5.45. The van der Waals surface area contributed by atoms with Crippen molar-refractivity contribution in [1.29, 1.82) is 0 Å². The molecular formula is C25H27N7O4S. The molecule has 4 aromatic rings. The van der Waals surface area contributed by atoms with E-state index in [1.54, 1.807) is 48.5 Å². The molecule has 1 saturated heterocycles. The Morgan fingerprint density at radius 1 is 1.11 bits per heavy atom. The number of nitrogens with two attached hydrogens (primary N) is 2. The smallest absolute Gasteiger partial charge is 0.265 e. The lowest BCUT2D eigenvalue weighted by molar-refractivity contribution is -0.000330. The first kappa shape index (κ1) is 24.7. The summed E-state index contributed by atoms with van der Waals surface area (Å²) in [7, 11) is -2.03. The molecule has 11 nitrogen and oxygen atoms in total. The summed E-state index contributed by atoms with van der Waals surface area (Å²) in [4.78, 5) is 23.9. The molecule has 2 aromatic carbocycles. The number of nitrogens with one attached hydrogen (secondary N) is 1. The molecular weight excluding hydrogens is 494 g/mol. The van der Waals surface area contributed by atoms with Crippen molar-refractivity contribution in [1.82, 2.24) is 19.4 Å². The molecule has 0 saturated carbocycles. The van der Waals surface area contributed by atoms with Crippen LogP contribution in [0.5, 0.6) is 0 Å². The summed E-state index contributed by atoms with van der Waals surface area (Å²) in [5.41, 5.74) is 13.7. The number of likely N-dealkylation sites (N-methyl/N-ethyl adjacent to an activating group) is 1. The number of ether oxygens (including phenoxy) is 1. The van der Waals surface area contributed by atoms with E-state index in [4.69, 9.17) is 16.2 Å². The molecule has 1 atom stereocenters. The van der Waals surface area contributed by atoms with Gasteiger partial charge in [-0.25, -0.2) is 18.4 Å². The molecule has 0 radical (unpaired) electrons. The fraction of sp³-hybridized carbons (Fsp3) is 0.240. The lowest BCUT2D eigenvalue weighted by atomic mass is 10.1. The van der Waals surface area contributed by atoms with Crippen LogP contribution in [0.15, 0.2) is 70.5 Å². The molecule has 0 spiro atoms. The first-order valence-corrected chi connectivity index (χ1v) is 13.1. The average Bonchev–Trinajstić information content (AvgIpc) is 2.88. The van der Waals surface area contributed by atoms with Gasteiger partial charge >= 0.3 is 0 Å². The Bertz CT molecular complexity index is 1620. The molecule has 1 aliphatic heterocycles. The van der Waals surface area contributed by atoms with E-state index in [0.717, 1.165) is 6.54 Å². The van der Waals surface area contributed by atoms with Crippen molar-refractivity contribution in [2.45, 2.75) is 17.5 Å². The van der Waals surface area contributed by atoms with E-state index in [1.807, 2.05) is 7.05 Å². The third-order valence-corrected chi connectivity index (χ3v) is 7.84. The Morgan fingerprint density at radius 2 is 1.89 bits per heavy atom. The number of benzene rings is 2. The second-order valence-corrected chi connectivity index (χ2v) is 10.6. The lowest BCUT2D eigenvalue weighted by Gasteiger charge is -2.32. The first-order valence-electron chi connectivity index (χ1n) is 11.6. The molecule has 5 rings (SSSR count). The van der Waals surface area contributed by atoms with Crippen LogP contribution in [0, 0.1) is 0 Å². The number of anilines is 3. The highest BCUT2D eigenvalue weighted by atomic mass is 32.2. The molecule has 2 aromatic heterocycles. The fourth-order valence-electron chi connectivity index (χ4n) is 4.28. The SMILES string of the molecule is CN1CCOCC1Cn1c(N)nc2ccc(-c3cnc(N)c(S(=O)(=O)Nc4ccccc4)c3)cc2c1=O. The number of rotatable bonds is 6. The number of sulfonamides is 1. The van der Waals surface area contributed by atoms with Gasteiger partial charge in [-0.1, -0.05) is 24.3 Å². The van der Waals surface area contributed by atoms with Crippen molar-refractivity contribution < 1.29 is 13.2 Å². The number of pyridine rings is 1. The first-order chi connectivity index (χ1) is 17.7. The van der Waals surface area contributed by atoms with Gasteiger partial charge in [-0.15, -0.1) is 0 Å². The number of morpholine rings is 1. The number of nitrogens with zero attached hydrogens (tertiary/aromatic N) is 4. The van der Waals surface area contributed by atoms with Gasteiger partial charge in [-0.3, -0.25) is 19.0 Å². The molecule has 12 heteroatoms. The maximum absolute atomic E-state index is 13.4. The van der Waals surface area contributed by atoms with E-state index in [1.165, 1.54) is 16.8 Å². The van der Waals surface area contributed by atoms with E-state index in [2.05, 4.69) is 19.6 Å². The molecule has 0 amide bonds. The largest absolute Gasteiger partial charge is 0.383 e. The Hall–Kier alpha value is -4.00. The van der Waals surface area contributed by atoms with E-state index in [0.29, 0.717) is 47.5 Å². The molecule has 1 fully saturated rings. The molecule has 192 valence electrons. The van der Waals surface area contributed by atoms with E-state index >= 15 is 0 Å². The van der Waals surface area contributed by atoms with Gasteiger partial charge in [0.2, 0.25) is 5.95 Å². The lowest BCUT2D eigenvalue weighted by Crippen LogP contribution is -2.46. The minimum Gasteiger partial charge on any atom is -0.383 e.